The minimum atomic E-state index is -1.14. The van der Waals surface area contributed by atoms with E-state index in [1.54, 1.807) is 0 Å². The van der Waals surface area contributed by atoms with Crippen molar-refractivity contribution >= 4 is 0 Å². The molecule has 3 nitrogen and oxygen atoms in total. The van der Waals surface area contributed by atoms with Crippen molar-refractivity contribution in [1.82, 2.24) is 0 Å². The van der Waals surface area contributed by atoms with Gasteiger partial charge >= 0.3 is 0 Å². The summed E-state index contributed by atoms with van der Waals surface area (Å²) in [6, 6.07) is 0. The Morgan fingerprint density at radius 2 is 1.85 bits per heavy atom. The second-order valence-corrected chi connectivity index (χ2v) is 4.31. The maximum atomic E-state index is 9.27. The van der Waals surface area contributed by atoms with Gasteiger partial charge in [-0.2, -0.15) is 0 Å². The molecule has 0 aromatic rings. The molecule has 1 aliphatic heterocycles. The van der Waals surface area contributed by atoms with E-state index < -0.39 is 6.29 Å². The molecule has 2 atom stereocenters. The molecule has 0 radical (unpaired) electrons. The molecule has 2 unspecified atom stereocenters. The lowest BCUT2D eigenvalue weighted by molar-refractivity contribution is -0.125. The first-order chi connectivity index (χ1) is 6.29. The molecule has 3 heteroatoms. The van der Waals surface area contributed by atoms with Gasteiger partial charge in [-0.05, 0) is 37.5 Å². The summed E-state index contributed by atoms with van der Waals surface area (Å²) in [6.45, 7) is 1.56. The third-order valence-electron chi connectivity index (χ3n) is 3.25. The van der Waals surface area contributed by atoms with Gasteiger partial charge in [-0.25, -0.2) is 0 Å². The number of aliphatic hydroxyl groups is 2. The van der Waals surface area contributed by atoms with Crippen LogP contribution in [0.5, 0.6) is 0 Å². The standard InChI is InChI=1S/C10H18O3/c11-10(12)9(7-3-4-7)8-2-1-5-13-6-8/h7-12H,1-6H2. The molecule has 0 spiro atoms. The number of rotatable bonds is 3. The van der Waals surface area contributed by atoms with Crippen LogP contribution in [0.25, 0.3) is 0 Å². The second-order valence-electron chi connectivity index (χ2n) is 4.31. The first-order valence-electron chi connectivity index (χ1n) is 5.23. The molecule has 2 N–H and O–H groups in total. The summed E-state index contributed by atoms with van der Waals surface area (Å²) in [5, 5.41) is 18.5. The normalized spacial score (nSPS) is 32.1. The van der Waals surface area contributed by atoms with Crippen LogP contribution in [-0.2, 0) is 4.74 Å². The topological polar surface area (TPSA) is 49.7 Å². The molecule has 2 aliphatic rings. The highest BCUT2D eigenvalue weighted by Crippen LogP contribution is 2.43. The number of aliphatic hydroxyl groups excluding tert-OH is 1. The van der Waals surface area contributed by atoms with Gasteiger partial charge in [-0.15, -0.1) is 0 Å². The minimum absolute atomic E-state index is 0.0697. The summed E-state index contributed by atoms with van der Waals surface area (Å²) < 4.78 is 5.37. The molecule has 2 rings (SSSR count). The number of hydrogen-bond acceptors (Lipinski definition) is 3. The van der Waals surface area contributed by atoms with E-state index in [9.17, 15) is 10.2 Å². The second kappa shape index (κ2) is 3.95. The van der Waals surface area contributed by atoms with Crippen LogP contribution < -0.4 is 0 Å². The largest absolute Gasteiger partial charge is 0.381 e. The molecule has 2 fully saturated rings. The fraction of sp³-hybridized carbons (Fsp3) is 1.00. The van der Waals surface area contributed by atoms with Gasteiger partial charge in [0, 0.05) is 19.1 Å². The van der Waals surface area contributed by atoms with Crippen LogP contribution in [0.15, 0.2) is 0 Å². The molecule has 0 aromatic heterocycles. The summed E-state index contributed by atoms with van der Waals surface area (Å²) in [5.41, 5.74) is 0. The van der Waals surface area contributed by atoms with Crippen molar-refractivity contribution in [3.05, 3.63) is 0 Å². The van der Waals surface area contributed by atoms with E-state index in [1.807, 2.05) is 0 Å². The van der Waals surface area contributed by atoms with E-state index in [0.717, 1.165) is 26.1 Å². The Kier molecular flexibility index (Phi) is 2.86. The van der Waals surface area contributed by atoms with Gasteiger partial charge in [0.25, 0.3) is 0 Å². The smallest absolute Gasteiger partial charge is 0.154 e. The predicted octanol–water partition coefficient (Wildman–Crippen LogP) is 0.750. The lowest BCUT2D eigenvalue weighted by Crippen LogP contribution is -2.34. The Labute approximate surface area is 78.7 Å². The van der Waals surface area contributed by atoms with Crippen molar-refractivity contribution in [2.75, 3.05) is 13.2 Å². The predicted molar refractivity (Wildman–Crippen MR) is 48.0 cm³/mol. The maximum absolute atomic E-state index is 9.27. The number of hydrogen-bond donors (Lipinski definition) is 2. The lowest BCUT2D eigenvalue weighted by atomic mass is 9.84. The molecule has 0 bridgehead atoms. The molecule has 1 saturated carbocycles. The molecule has 1 heterocycles. The van der Waals surface area contributed by atoms with Crippen LogP contribution in [0.4, 0.5) is 0 Å². The molecular weight excluding hydrogens is 168 g/mol. The summed E-state index contributed by atoms with van der Waals surface area (Å²) in [7, 11) is 0. The number of ether oxygens (including phenoxy) is 1. The average molecular weight is 186 g/mol. The first kappa shape index (κ1) is 9.44. The Morgan fingerprint density at radius 1 is 1.08 bits per heavy atom. The molecule has 1 saturated heterocycles. The summed E-state index contributed by atoms with van der Waals surface area (Å²) in [4.78, 5) is 0. The van der Waals surface area contributed by atoms with Gasteiger partial charge < -0.3 is 14.9 Å². The Hall–Kier alpha value is -0.120. The van der Waals surface area contributed by atoms with E-state index in [4.69, 9.17) is 4.74 Å². The van der Waals surface area contributed by atoms with E-state index in [0.29, 0.717) is 11.8 Å². The molecule has 1 aliphatic carbocycles. The zero-order valence-electron chi connectivity index (χ0n) is 7.85. The van der Waals surface area contributed by atoms with Gasteiger partial charge in [-0.3, -0.25) is 0 Å². The Bertz CT molecular complexity index is 158. The molecule has 76 valence electrons. The fourth-order valence-electron chi connectivity index (χ4n) is 2.42. The van der Waals surface area contributed by atoms with Crippen molar-refractivity contribution in [3.8, 4) is 0 Å². The van der Waals surface area contributed by atoms with Gasteiger partial charge in [0.2, 0.25) is 0 Å². The first-order valence-corrected chi connectivity index (χ1v) is 5.23. The van der Waals surface area contributed by atoms with Gasteiger partial charge in [0.05, 0.1) is 0 Å². The van der Waals surface area contributed by atoms with Gasteiger partial charge in [-0.1, -0.05) is 0 Å². The molecule has 0 aromatic carbocycles. The molecule has 13 heavy (non-hydrogen) atoms. The van der Waals surface area contributed by atoms with E-state index in [-0.39, 0.29) is 5.92 Å². The van der Waals surface area contributed by atoms with Crippen LogP contribution in [-0.4, -0.2) is 29.7 Å². The van der Waals surface area contributed by atoms with Crippen LogP contribution >= 0.6 is 0 Å². The van der Waals surface area contributed by atoms with Crippen molar-refractivity contribution in [3.63, 3.8) is 0 Å². The monoisotopic (exact) mass is 186 g/mol. The van der Waals surface area contributed by atoms with E-state index in [2.05, 4.69) is 0 Å². The quantitative estimate of drug-likeness (QED) is 0.639. The SMILES string of the molecule is OC(O)C(C1CC1)C1CCCOC1. The highest BCUT2D eigenvalue weighted by molar-refractivity contribution is 4.87. The highest BCUT2D eigenvalue weighted by Gasteiger charge is 2.40. The molecule has 0 amide bonds. The average Bonchev–Trinajstić information content (AvgIpc) is 2.90. The van der Waals surface area contributed by atoms with Crippen LogP contribution in [0.3, 0.4) is 0 Å². The molecular formula is C10H18O3. The highest BCUT2D eigenvalue weighted by atomic mass is 16.5. The Balaban J connectivity index is 1.92. The third kappa shape index (κ3) is 2.22. The van der Waals surface area contributed by atoms with Crippen LogP contribution in [0.2, 0.25) is 0 Å². The van der Waals surface area contributed by atoms with Gasteiger partial charge in [0.1, 0.15) is 0 Å². The summed E-state index contributed by atoms with van der Waals surface area (Å²) >= 11 is 0. The van der Waals surface area contributed by atoms with Crippen molar-refractivity contribution in [2.24, 2.45) is 17.8 Å². The zero-order chi connectivity index (χ0) is 9.26. The van der Waals surface area contributed by atoms with Crippen molar-refractivity contribution < 1.29 is 14.9 Å². The maximum Gasteiger partial charge on any atom is 0.154 e. The van der Waals surface area contributed by atoms with E-state index >= 15 is 0 Å². The van der Waals surface area contributed by atoms with Crippen molar-refractivity contribution in [2.45, 2.75) is 32.0 Å². The Morgan fingerprint density at radius 3 is 2.31 bits per heavy atom. The summed E-state index contributed by atoms with van der Waals surface area (Å²) in [5.74, 6) is 0.994. The fourth-order valence-corrected chi connectivity index (χ4v) is 2.42. The minimum Gasteiger partial charge on any atom is -0.381 e. The van der Waals surface area contributed by atoms with Crippen LogP contribution in [0.1, 0.15) is 25.7 Å². The summed E-state index contributed by atoms with van der Waals surface area (Å²) in [6.07, 6.45) is 3.36. The zero-order valence-corrected chi connectivity index (χ0v) is 7.85. The third-order valence-corrected chi connectivity index (χ3v) is 3.25. The lowest BCUT2D eigenvalue weighted by Gasteiger charge is -2.31. The van der Waals surface area contributed by atoms with Crippen LogP contribution in [0, 0.1) is 17.8 Å². The van der Waals surface area contributed by atoms with E-state index in [1.165, 1.54) is 12.8 Å². The van der Waals surface area contributed by atoms with Gasteiger partial charge in [0.15, 0.2) is 6.29 Å². The van der Waals surface area contributed by atoms with Crippen molar-refractivity contribution in [1.29, 1.82) is 0 Å².